The Balaban J connectivity index is 2.47. The maximum absolute atomic E-state index is 12.4. The van der Waals surface area contributed by atoms with Crippen molar-refractivity contribution in [2.24, 2.45) is 0 Å². The first-order chi connectivity index (χ1) is 10.6. The van der Waals surface area contributed by atoms with Crippen LogP contribution < -0.4 is 0 Å². The minimum atomic E-state index is -0.252. The first kappa shape index (κ1) is 16.3. The highest BCUT2D eigenvalue weighted by atomic mass is 16.5. The molecule has 3 heteroatoms. The van der Waals surface area contributed by atoms with Crippen LogP contribution in [0.4, 0.5) is 0 Å². The van der Waals surface area contributed by atoms with E-state index in [4.69, 9.17) is 4.74 Å². The molecule has 0 saturated carbocycles. The Kier molecular flexibility index (Phi) is 5.42. The molecule has 0 amide bonds. The fourth-order valence-electron chi connectivity index (χ4n) is 2.78. The SMILES string of the molecule is CCOC(=O)C1=CN(C(C)C)C(CC)C=C1c1ccccc1. The highest BCUT2D eigenvalue weighted by Crippen LogP contribution is 2.32. The van der Waals surface area contributed by atoms with Crippen LogP contribution in [0.1, 0.15) is 39.7 Å². The van der Waals surface area contributed by atoms with Gasteiger partial charge >= 0.3 is 5.97 Å². The fourth-order valence-corrected chi connectivity index (χ4v) is 2.78. The average molecular weight is 299 g/mol. The molecule has 0 radical (unpaired) electrons. The summed E-state index contributed by atoms with van der Waals surface area (Å²) in [4.78, 5) is 14.6. The Bertz CT molecular complexity index is 572. The standard InChI is InChI=1S/C19H25NO2/c1-5-16-12-17(15-10-8-7-9-11-15)18(19(21)22-6-2)13-20(16)14(3)4/h7-14,16H,5-6H2,1-4H3. The summed E-state index contributed by atoms with van der Waals surface area (Å²) in [5.74, 6) is -0.252. The molecule has 0 fully saturated rings. The van der Waals surface area contributed by atoms with Crippen molar-refractivity contribution >= 4 is 11.5 Å². The molecule has 1 heterocycles. The van der Waals surface area contributed by atoms with Gasteiger partial charge in [0, 0.05) is 18.3 Å². The summed E-state index contributed by atoms with van der Waals surface area (Å²) < 4.78 is 5.26. The molecule has 0 aliphatic carbocycles. The van der Waals surface area contributed by atoms with Crippen LogP contribution in [0.5, 0.6) is 0 Å². The number of esters is 1. The molecule has 118 valence electrons. The fraction of sp³-hybridized carbons (Fsp3) is 0.421. The summed E-state index contributed by atoms with van der Waals surface area (Å²) in [5.41, 5.74) is 2.68. The third kappa shape index (κ3) is 3.41. The lowest BCUT2D eigenvalue weighted by Gasteiger charge is -2.36. The van der Waals surface area contributed by atoms with Crippen molar-refractivity contribution in [3.05, 3.63) is 53.7 Å². The van der Waals surface area contributed by atoms with Crippen LogP contribution in [0.2, 0.25) is 0 Å². The summed E-state index contributed by atoms with van der Waals surface area (Å²) >= 11 is 0. The van der Waals surface area contributed by atoms with Crippen LogP contribution in [0.15, 0.2) is 48.2 Å². The molecule has 1 unspecified atom stereocenters. The average Bonchev–Trinajstić information content (AvgIpc) is 2.54. The van der Waals surface area contributed by atoms with Gasteiger partial charge in [0.25, 0.3) is 0 Å². The molecular weight excluding hydrogens is 274 g/mol. The second-order valence-corrected chi connectivity index (χ2v) is 5.73. The summed E-state index contributed by atoms with van der Waals surface area (Å²) in [6.45, 7) is 8.67. The number of carbonyl (C=O) groups is 1. The minimum absolute atomic E-state index is 0.252. The Morgan fingerprint density at radius 3 is 2.45 bits per heavy atom. The molecule has 1 atom stereocenters. The van der Waals surface area contributed by atoms with Gasteiger partial charge in [-0.1, -0.05) is 43.3 Å². The molecule has 0 aromatic heterocycles. The van der Waals surface area contributed by atoms with Gasteiger partial charge in [-0.2, -0.15) is 0 Å². The third-order valence-corrected chi connectivity index (χ3v) is 3.91. The van der Waals surface area contributed by atoms with Crippen molar-refractivity contribution in [2.75, 3.05) is 6.61 Å². The topological polar surface area (TPSA) is 29.5 Å². The molecule has 0 spiro atoms. The van der Waals surface area contributed by atoms with E-state index in [0.717, 1.165) is 17.6 Å². The van der Waals surface area contributed by atoms with E-state index in [9.17, 15) is 4.79 Å². The lowest BCUT2D eigenvalue weighted by molar-refractivity contribution is -0.138. The molecular formula is C19H25NO2. The molecule has 0 saturated heterocycles. The zero-order valence-electron chi connectivity index (χ0n) is 13.9. The normalized spacial score (nSPS) is 18.0. The highest BCUT2D eigenvalue weighted by Gasteiger charge is 2.27. The predicted molar refractivity (Wildman–Crippen MR) is 90.2 cm³/mol. The number of benzene rings is 1. The Labute approximate surface area is 133 Å². The van der Waals surface area contributed by atoms with Crippen molar-refractivity contribution in [3.63, 3.8) is 0 Å². The van der Waals surface area contributed by atoms with E-state index < -0.39 is 0 Å². The molecule has 2 rings (SSSR count). The van der Waals surface area contributed by atoms with Crippen LogP contribution in [-0.4, -0.2) is 29.6 Å². The van der Waals surface area contributed by atoms with E-state index in [1.54, 1.807) is 0 Å². The van der Waals surface area contributed by atoms with Crippen LogP contribution in [0, 0.1) is 0 Å². The monoisotopic (exact) mass is 299 g/mol. The zero-order chi connectivity index (χ0) is 16.1. The number of rotatable bonds is 5. The molecule has 22 heavy (non-hydrogen) atoms. The third-order valence-electron chi connectivity index (χ3n) is 3.91. The van der Waals surface area contributed by atoms with Crippen molar-refractivity contribution < 1.29 is 9.53 Å². The molecule has 0 bridgehead atoms. The van der Waals surface area contributed by atoms with Crippen LogP contribution in [0.25, 0.3) is 5.57 Å². The van der Waals surface area contributed by atoms with E-state index in [1.165, 1.54) is 0 Å². The minimum Gasteiger partial charge on any atom is -0.462 e. The quantitative estimate of drug-likeness (QED) is 0.769. The summed E-state index contributed by atoms with van der Waals surface area (Å²) in [7, 11) is 0. The van der Waals surface area contributed by atoms with Gasteiger partial charge in [0.15, 0.2) is 0 Å². The molecule has 1 aromatic carbocycles. The number of hydrogen-bond acceptors (Lipinski definition) is 3. The van der Waals surface area contributed by atoms with Crippen molar-refractivity contribution in [1.29, 1.82) is 0 Å². The number of hydrogen-bond donors (Lipinski definition) is 0. The summed E-state index contributed by atoms with van der Waals surface area (Å²) in [6, 6.07) is 10.7. The van der Waals surface area contributed by atoms with Gasteiger partial charge in [0.05, 0.1) is 12.2 Å². The van der Waals surface area contributed by atoms with Crippen LogP contribution in [0.3, 0.4) is 0 Å². The van der Waals surface area contributed by atoms with E-state index in [2.05, 4.69) is 31.7 Å². The van der Waals surface area contributed by atoms with Crippen LogP contribution in [-0.2, 0) is 9.53 Å². The number of ether oxygens (including phenoxy) is 1. The van der Waals surface area contributed by atoms with Crippen LogP contribution >= 0.6 is 0 Å². The second-order valence-electron chi connectivity index (χ2n) is 5.73. The molecule has 1 aliphatic rings. The summed E-state index contributed by atoms with van der Waals surface area (Å²) in [6.07, 6.45) is 5.17. The van der Waals surface area contributed by atoms with Crippen molar-refractivity contribution in [2.45, 2.75) is 46.2 Å². The first-order valence-corrected chi connectivity index (χ1v) is 8.02. The van der Waals surface area contributed by atoms with E-state index in [-0.39, 0.29) is 5.97 Å². The number of nitrogens with zero attached hydrogens (tertiary/aromatic N) is 1. The molecule has 3 nitrogen and oxygen atoms in total. The maximum Gasteiger partial charge on any atom is 0.340 e. The van der Waals surface area contributed by atoms with Gasteiger partial charge in [-0.3, -0.25) is 0 Å². The lowest BCUT2D eigenvalue weighted by Crippen LogP contribution is -2.38. The van der Waals surface area contributed by atoms with Crippen molar-refractivity contribution in [1.82, 2.24) is 4.90 Å². The summed E-state index contributed by atoms with van der Waals surface area (Å²) in [5, 5.41) is 0. The largest absolute Gasteiger partial charge is 0.462 e. The molecule has 0 N–H and O–H groups in total. The predicted octanol–water partition coefficient (Wildman–Crippen LogP) is 4.02. The Morgan fingerprint density at radius 2 is 1.91 bits per heavy atom. The zero-order valence-corrected chi connectivity index (χ0v) is 13.9. The Morgan fingerprint density at radius 1 is 1.23 bits per heavy atom. The van der Waals surface area contributed by atoms with Gasteiger partial charge in [-0.05, 0) is 38.3 Å². The molecule has 1 aliphatic heterocycles. The van der Waals surface area contributed by atoms with Gasteiger partial charge in [-0.25, -0.2) is 4.79 Å². The second kappa shape index (κ2) is 7.30. The van der Waals surface area contributed by atoms with Gasteiger partial charge in [0.1, 0.15) is 0 Å². The highest BCUT2D eigenvalue weighted by molar-refractivity contribution is 6.06. The molecule has 1 aromatic rings. The maximum atomic E-state index is 12.4. The van der Waals surface area contributed by atoms with Crippen molar-refractivity contribution in [3.8, 4) is 0 Å². The lowest BCUT2D eigenvalue weighted by atomic mass is 9.91. The smallest absolute Gasteiger partial charge is 0.340 e. The van der Waals surface area contributed by atoms with E-state index >= 15 is 0 Å². The van der Waals surface area contributed by atoms with Gasteiger partial charge in [-0.15, -0.1) is 0 Å². The van der Waals surface area contributed by atoms with Gasteiger partial charge < -0.3 is 9.64 Å². The number of carbonyl (C=O) groups excluding carboxylic acids is 1. The van der Waals surface area contributed by atoms with E-state index in [0.29, 0.717) is 24.3 Å². The first-order valence-electron chi connectivity index (χ1n) is 8.02. The Hall–Kier alpha value is -2.03. The van der Waals surface area contributed by atoms with Gasteiger partial charge in [0.2, 0.25) is 0 Å². The van der Waals surface area contributed by atoms with E-state index in [1.807, 2.05) is 43.5 Å².